The van der Waals surface area contributed by atoms with E-state index in [4.69, 9.17) is 14.6 Å². The van der Waals surface area contributed by atoms with Crippen molar-refractivity contribution in [3.63, 3.8) is 0 Å². The van der Waals surface area contributed by atoms with Gasteiger partial charge in [-0.2, -0.15) is 22.1 Å². The zero-order chi connectivity index (χ0) is 34.2. The molecule has 0 aliphatic rings. The Balaban J connectivity index is 1.48. The van der Waals surface area contributed by atoms with Crippen LogP contribution in [0.5, 0.6) is 11.5 Å². The molecular formula is C30H31F3N4O8S2. The van der Waals surface area contributed by atoms with Gasteiger partial charge in [-0.25, -0.2) is 8.42 Å². The molecule has 2 N–H and O–H groups in total. The highest BCUT2D eigenvalue weighted by Gasteiger charge is 2.33. The number of amides is 1. The predicted molar refractivity (Wildman–Crippen MR) is 164 cm³/mol. The number of rotatable bonds is 16. The maximum atomic E-state index is 13.9. The zero-order valence-corrected chi connectivity index (χ0v) is 26.7. The van der Waals surface area contributed by atoms with Gasteiger partial charge in [-0.3, -0.25) is 14.6 Å². The number of nitrogens with zero attached hydrogens (tertiary/aromatic N) is 3. The molecule has 4 aromatic rings. The first-order chi connectivity index (χ1) is 22.3. The van der Waals surface area contributed by atoms with Gasteiger partial charge >= 0.3 is 17.3 Å². The molecule has 0 saturated carbocycles. The number of alkyl halides is 3. The Labute approximate surface area is 271 Å². The number of hydrogen-bond acceptors (Lipinski definition) is 9. The number of hydrogen-bond donors (Lipinski definition) is 2. The predicted octanol–water partition coefficient (Wildman–Crippen LogP) is 4.37. The van der Waals surface area contributed by atoms with Crippen molar-refractivity contribution in [1.29, 1.82) is 0 Å². The molecule has 0 spiro atoms. The number of nitrogens with one attached hydrogen (secondary N) is 1. The number of carbonyl (C=O) groups is 2. The molecule has 2 aromatic heterocycles. The first-order valence-corrected chi connectivity index (χ1v) is 17.0. The van der Waals surface area contributed by atoms with Gasteiger partial charge in [0.2, 0.25) is 0 Å². The van der Waals surface area contributed by atoms with Crippen molar-refractivity contribution in [2.24, 2.45) is 0 Å². The molecule has 2 heterocycles. The van der Waals surface area contributed by atoms with E-state index in [1.165, 1.54) is 49.5 Å². The number of halogens is 3. The summed E-state index contributed by atoms with van der Waals surface area (Å²) in [6, 6.07) is 12.8. The highest BCUT2D eigenvalue weighted by Crippen LogP contribution is 2.30. The van der Waals surface area contributed by atoms with E-state index in [0.29, 0.717) is 25.8 Å². The lowest BCUT2D eigenvalue weighted by Gasteiger charge is -2.15. The molecule has 0 fully saturated rings. The van der Waals surface area contributed by atoms with E-state index in [0.717, 1.165) is 3.97 Å². The number of carboxylic acid groups (broad SMARTS) is 1. The molecule has 1 atom stereocenters. The van der Waals surface area contributed by atoms with Crippen LogP contribution >= 0.6 is 0 Å². The first-order valence-electron chi connectivity index (χ1n) is 14.2. The molecule has 0 radical (unpaired) electrons. The first kappa shape index (κ1) is 35.5. The molecular weight excluding hydrogens is 665 g/mol. The summed E-state index contributed by atoms with van der Waals surface area (Å²) in [5.74, 6) is -1.51. The number of fused-ring (bicyclic) bond motifs is 1. The van der Waals surface area contributed by atoms with Crippen molar-refractivity contribution in [2.45, 2.75) is 54.6 Å². The van der Waals surface area contributed by atoms with Crippen LogP contribution in [0.15, 0.2) is 70.8 Å². The van der Waals surface area contributed by atoms with Crippen LogP contribution < -0.4 is 14.8 Å². The average molecular weight is 697 g/mol. The number of pyridine rings is 1. The average Bonchev–Trinajstić information content (AvgIpc) is 3.43. The highest BCUT2D eigenvalue weighted by molar-refractivity contribution is 7.93. The third kappa shape index (κ3) is 9.59. The normalized spacial score (nSPS) is 12.5. The SMILES string of the molecule is Cc1c(OCC(F)(F)F)ccnc1C[S+]([O-])c1nc2ccccc2n1S(=O)(=O)c1ccc(OCC(=O)NCCCCCC(=O)O)cc1. The minimum absolute atomic E-state index is 0.0669. The maximum Gasteiger partial charge on any atom is 0.422 e. The smallest absolute Gasteiger partial charge is 0.422 e. The second-order valence-corrected chi connectivity index (χ2v) is 13.4. The Bertz CT molecular complexity index is 1820. The fraction of sp³-hybridized carbons (Fsp3) is 0.333. The minimum atomic E-state index is -4.57. The van der Waals surface area contributed by atoms with Gasteiger partial charge in [0, 0.05) is 35.9 Å². The van der Waals surface area contributed by atoms with Crippen molar-refractivity contribution in [1.82, 2.24) is 19.3 Å². The topological polar surface area (TPSA) is 173 Å². The molecule has 0 aliphatic heterocycles. The lowest BCUT2D eigenvalue weighted by atomic mass is 10.2. The molecule has 12 nitrogen and oxygen atoms in total. The maximum absolute atomic E-state index is 13.9. The summed E-state index contributed by atoms with van der Waals surface area (Å²) in [5, 5.41) is 11.0. The fourth-order valence-electron chi connectivity index (χ4n) is 4.39. The molecule has 0 aliphatic carbocycles. The van der Waals surface area contributed by atoms with Gasteiger partial charge in [0.15, 0.2) is 19.0 Å². The second kappa shape index (κ2) is 15.5. The van der Waals surface area contributed by atoms with E-state index in [9.17, 15) is 35.7 Å². The summed E-state index contributed by atoms with van der Waals surface area (Å²) in [7, 11) is -4.39. The summed E-state index contributed by atoms with van der Waals surface area (Å²) in [6.45, 7) is -0.0345. The number of carbonyl (C=O) groups excluding carboxylic acids is 1. The van der Waals surface area contributed by atoms with Crippen molar-refractivity contribution in [3.8, 4) is 11.5 Å². The lowest BCUT2D eigenvalue weighted by molar-refractivity contribution is -0.153. The largest absolute Gasteiger partial charge is 0.609 e. The van der Waals surface area contributed by atoms with Crippen molar-refractivity contribution in [2.75, 3.05) is 19.8 Å². The van der Waals surface area contributed by atoms with E-state index >= 15 is 0 Å². The van der Waals surface area contributed by atoms with Gasteiger partial charge in [-0.05, 0) is 62.2 Å². The number of unbranched alkanes of at least 4 members (excludes halogenated alkanes) is 2. The number of imidazole rings is 1. The number of benzene rings is 2. The molecule has 1 amide bonds. The Morgan fingerprint density at radius 2 is 1.77 bits per heavy atom. The van der Waals surface area contributed by atoms with Crippen molar-refractivity contribution in [3.05, 3.63) is 72.1 Å². The summed E-state index contributed by atoms with van der Waals surface area (Å²) >= 11 is -2.12. The van der Waals surface area contributed by atoms with Gasteiger partial charge in [0.25, 0.3) is 15.9 Å². The Morgan fingerprint density at radius 1 is 1.04 bits per heavy atom. The number of carboxylic acids is 1. The summed E-state index contributed by atoms with van der Waals surface area (Å²) < 4.78 is 90.7. The van der Waals surface area contributed by atoms with Crippen LogP contribution in [0.3, 0.4) is 0 Å². The number of ether oxygens (including phenoxy) is 2. The highest BCUT2D eigenvalue weighted by atomic mass is 32.2. The summed E-state index contributed by atoms with van der Waals surface area (Å²) in [6.07, 6.45) is -1.52. The number of aliphatic carboxylic acids is 1. The van der Waals surface area contributed by atoms with E-state index in [-0.39, 0.29) is 62.6 Å². The molecule has 252 valence electrons. The Hall–Kier alpha value is -4.35. The van der Waals surface area contributed by atoms with Crippen LogP contribution in [0.4, 0.5) is 13.2 Å². The van der Waals surface area contributed by atoms with Crippen LogP contribution in [0, 0.1) is 6.92 Å². The minimum Gasteiger partial charge on any atom is -0.609 e. The Morgan fingerprint density at radius 3 is 2.47 bits per heavy atom. The van der Waals surface area contributed by atoms with Crippen LogP contribution in [-0.4, -0.2) is 69.8 Å². The molecule has 47 heavy (non-hydrogen) atoms. The van der Waals surface area contributed by atoms with Gasteiger partial charge in [-0.1, -0.05) is 18.6 Å². The second-order valence-electron chi connectivity index (χ2n) is 10.2. The number of para-hydroxylation sites is 2. The van der Waals surface area contributed by atoms with E-state index in [2.05, 4.69) is 15.3 Å². The number of aromatic nitrogens is 3. The molecule has 1 unspecified atom stereocenters. The molecule has 4 rings (SSSR count). The van der Waals surface area contributed by atoms with Crippen LogP contribution in [0.25, 0.3) is 11.0 Å². The van der Waals surface area contributed by atoms with E-state index < -0.39 is 45.9 Å². The molecule has 0 saturated heterocycles. The summed E-state index contributed by atoms with van der Waals surface area (Å²) in [5.41, 5.74) is 0.764. The monoisotopic (exact) mass is 696 g/mol. The fourth-order valence-corrected chi connectivity index (χ4v) is 7.43. The van der Waals surface area contributed by atoms with Gasteiger partial charge in [-0.15, -0.1) is 0 Å². The lowest BCUT2D eigenvalue weighted by Crippen LogP contribution is -2.29. The van der Waals surface area contributed by atoms with Crippen molar-refractivity contribution < 1.29 is 50.3 Å². The molecule has 17 heteroatoms. The van der Waals surface area contributed by atoms with Crippen LogP contribution in [-0.2, 0) is 36.5 Å². The van der Waals surface area contributed by atoms with Gasteiger partial charge in [0.1, 0.15) is 11.5 Å². The molecule has 0 bridgehead atoms. The van der Waals surface area contributed by atoms with E-state index in [1.54, 1.807) is 18.2 Å². The van der Waals surface area contributed by atoms with Crippen LogP contribution in [0.2, 0.25) is 0 Å². The van der Waals surface area contributed by atoms with E-state index in [1.807, 2.05) is 0 Å². The van der Waals surface area contributed by atoms with Gasteiger partial charge < -0.3 is 24.4 Å². The van der Waals surface area contributed by atoms with Gasteiger partial charge in [0.05, 0.1) is 21.6 Å². The third-order valence-electron chi connectivity index (χ3n) is 6.73. The zero-order valence-electron chi connectivity index (χ0n) is 25.0. The quantitative estimate of drug-likeness (QED) is 0.127. The Kier molecular flexibility index (Phi) is 11.7. The third-order valence-corrected chi connectivity index (χ3v) is 9.78. The molecule has 2 aromatic carbocycles. The van der Waals surface area contributed by atoms with Crippen LogP contribution in [0.1, 0.15) is 36.9 Å². The standard InChI is InChI=1S/C30H31F3N4O8S2/c1-20-24(34-16-14-26(20)45-19-30(31,32)33)18-46(41)29-36-23-7-4-5-8-25(23)37(29)47(42,43)22-12-10-21(11-13-22)44-17-27(38)35-15-6-2-3-9-28(39)40/h4-5,7-8,10-14,16H,2-3,6,9,15,17-19H2,1H3,(H,35,38)(H,39,40). The van der Waals surface area contributed by atoms with Crippen molar-refractivity contribution >= 4 is 44.1 Å². The summed E-state index contributed by atoms with van der Waals surface area (Å²) in [4.78, 5) is 30.9.